The van der Waals surface area contributed by atoms with Crippen LogP contribution in [0.5, 0.6) is 0 Å². The lowest BCUT2D eigenvalue weighted by atomic mass is 9.77. The van der Waals surface area contributed by atoms with Crippen molar-refractivity contribution in [3.05, 3.63) is 0 Å². The van der Waals surface area contributed by atoms with Crippen LogP contribution in [0.1, 0.15) is 84.5 Å². The summed E-state index contributed by atoms with van der Waals surface area (Å²) in [6.45, 7) is 4.65. The Bertz CT molecular complexity index is 271. The van der Waals surface area contributed by atoms with Crippen molar-refractivity contribution in [3.8, 4) is 0 Å². The van der Waals surface area contributed by atoms with Gasteiger partial charge in [0.25, 0.3) is 0 Å². The summed E-state index contributed by atoms with van der Waals surface area (Å²) >= 11 is 3.76. The van der Waals surface area contributed by atoms with Crippen molar-refractivity contribution in [1.29, 1.82) is 0 Å². The van der Waals surface area contributed by atoms with E-state index >= 15 is 0 Å². The van der Waals surface area contributed by atoms with Crippen LogP contribution in [0.25, 0.3) is 0 Å². The Morgan fingerprint density at radius 2 is 1.80 bits per heavy atom. The summed E-state index contributed by atoms with van der Waals surface area (Å²) in [6, 6.07) is 0. The van der Waals surface area contributed by atoms with Gasteiger partial charge in [-0.05, 0) is 50.4 Å². The van der Waals surface area contributed by atoms with Crippen LogP contribution in [-0.2, 0) is 4.74 Å². The normalized spacial score (nSPS) is 38.9. The molecule has 0 N–H and O–H groups in total. The first-order chi connectivity index (χ1) is 9.71. The minimum absolute atomic E-state index is 0.157. The minimum Gasteiger partial charge on any atom is -0.371 e. The van der Waals surface area contributed by atoms with E-state index in [0.717, 1.165) is 17.2 Å². The van der Waals surface area contributed by atoms with Gasteiger partial charge in [-0.2, -0.15) is 0 Å². The molecule has 2 heteroatoms. The average molecular weight is 345 g/mol. The van der Waals surface area contributed by atoms with Crippen molar-refractivity contribution in [2.75, 3.05) is 5.33 Å². The van der Waals surface area contributed by atoms with Gasteiger partial charge >= 0.3 is 0 Å². The van der Waals surface area contributed by atoms with Crippen molar-refractivity contribution in [2.24, 2.45) is 11.8 Å². The van der Waals surface area contributed by atoms with Crippen molar-refractivity contribution >= 4 is 15.9 Å². The van der Waals surface area contributed by atoms with E-state index in [9.17, 15) is 0 Å². The van der Waals surface area contributed by atoms with E-state index in [2.05, 4.69) is 29.8 Å². The Kier molecular flexibility index (Phi) is 6.87. The van der Waals surface area contributed by atoms with Gasteiger partial charge in [0.1, 0.15) is 0 Å². The third kappa shape index (κ3) is 4.47. The standard InChI is InChI=1S/C18H33BrO/c1-3-6-16-9-11-18(14-19,12-10-16)20-17-8-5-7-15(4-2)13-17/h15-17H,3-14H2,1-2H3. The minimum atomic E-state index is 0.157. The molecule has 2 fully saturated rings. The predicted molar refractivity (Wildman–Crippen MR) is 90.5 cm³/mol. The van der Waals surface area contributed by atoms with Crippen LogP contribution < -0.4 is 0 Å². The van der Waals surface area contributed by atoms with E-state index in [1.807, 2.05) is 0 Å². The van der Waals surface area contributed by atoms with Gasteiger partial charge in [-0.25, -0.2) is 0 Å². The zero-order chi connectivity index (χ0) is 14.4. The summed E-state index contributed by atoms with van der Waals surface area (Å²) in [5, 5.41) is 1.03. The third-order valence-electron chi connectivity index (χ3n) is 5.69. The smallest absolute Gasteiger partial charge is 0.0782 e. The van der Waals surface area contributed by atoms with Crippen LogP contribution >= 0.6 is 15.9 Å². The highest BCUT2D eigenvalue weighted by Gasteiger charge is 2.38. The fourth-order valence-corrected chi connectivity index (χ4v) is 4.95. The van der Waals surface area contributed by atoms with Crippen LogP contribution in [0, 0.1) is 11.8 Å². The molecule has 2 unspecified atom stereocenters. The lowest BCUT2D eigenvalue weighted by Crippen LogP contribution is -2.43. The van der Waals surface area contributed by atoms with E-state index in [1.54, 1.807) is 0 Å². The largest absolute Gasteiger partial charge is 0.371 e. The van der Waals surface area contributed by atoms with E-state index in [0.29, 0.717) is 6.10 Å². The molecule has 2 aliphatic rings. The summed E-state index contributed by atoms with van der Waals surface area (Å²) < 4.78 is 6.68. The second-order valence-corrected chi connectivity index (χ2v) is 7.79. The number of hydrogen-bond donors (Lipinski definition) is 0. The SMILES string of the molecule is CCCC1CCC(CBr)(OC2CCCC(CC)C2)CC1. The number of rotatable bonds is 6. The van der Waals surface area contributed by atoms with Crippen molar-refractivity contribution < 1.29 is 4.74 Å². The average Bonchev–Trinajstić information content (AvgIpc) is 2.50. The summed E-state index contributed by atoms with van der Waals surface area (Å²) in [6.07, 6.45) is 15.3. The molecule has 1 nitrogen and oxygen atoms in total. The molecule has 0 radical (unpaired) electrons. The molecule has 0 spiro atoms. The molecule has 2 aliphatic carbocycles. The van der Waals surface area contributed by atoms with Gasteiger partial charge < -0.3 is 4.74 Å². The Hall–Kier alpha value is 0.440. The summed E-state index contributed by atoms with van der Waals surface area (Å²) in [5.41, 5.74) is 0.157. The first kappa shape index (κ1) is 16.8. The van der Waals surface area contributed by atoms with Gasteiger partial charge in [-0.1, -0.05) is 61.9 Å². The van der Waals surface area contributed by atoms with Gasteiger partial charge in [-0.15, -0.1) is 0 Å². The zero-order valence-electron chi connectivity index (χ0n) is 13.5. The summed E-state index contributed by atoms with van der Waals surface area (Å²) in [5.74, 6) is 1.88. The lowest BCUT2D eigenvalue weighted by Gasteiger charge is -2.43. The van der Waals surface area contributed by atoms with E-state index < -0.39 is 0 Å². The quantitative estimate of drug-likeness (QED) is 0.529. The molecule has 2 rings (SSSR count). The highest BCUT2D eigenvalue weighted by molar-refractivity contribution is 9.09. The number of ether oxygens (including phenoxy) is 1. The van der Waals surface area contributed by atoms with E-state index in [1.165, 1.54) is 70.6 Å². The zero-order valence-corrected chi connectivity index (χ0v) is 15.1. The number of alkyl halides is 1. The molecule has 0 aliphatic heterocycles. The van der Waals surface area contributed by atoms with Crippen LogP contribution in [0.2, 0.25) is 0 Å². The maximum absolute atomic E-state index is 6.68. The van der Waals surface area contributed by atoms with Crippen LogP contribution in [0.15, 0.2) is 0 Å². The molecule has 0 heterocycles. The molecule has 0 amide bonds. The molecular weight excluding hydrogens is 312 g/mol. The Balaban J connectivity index is 1.85. The monoisotopic (exact) mass is 344 g/mol. The van der Waals surface area contributed by atoms with E-state index in [4.69, 9.17) is 4.74 Å². The maximum Gasteiger partial charge on any atom is 0.0782 e. The fraction of sp³-hybridized carbons (Fsp3) is 1.00. The maximum atomic E-state index is 6.68. The van der Waals surface area contributed by atoms with E-state index in [-0.39, 0.29) is 5.60 Å². The van der Waals surface area contributed by atoms with Gasteiger partial charge in [0.05, 0.1) is 11.7 Å². The highest BCUT2D eigenvalue weighted by atomic mass is 79.9. The molecule has 0 saturated heterocycles. The van der Waals surface area contributed by atoms with Crippen molar-refractivity contribution in [1.82, 2.24) is 0 Å². The lowest BCUT2D eigenvalue weighted by molar-refractivity contribution is -0.120. The van der Waals surface area contributed by atoms with Crippen LogP contribution in [0.3, 0.4) is 0 Å². The second-order valence-electron chi connectivity index (χ2n) is 7.23. The predicted octanol–water partition coefficient (Wildman–Crippen LogP) is 6.10. The van der Waals surface area contributed by atoms with Gasteiger partial charge in [-0.3, -0.25) is 0 Å². The molecule has 0 bridgehead atoms. The van der Waals surface area contributed by atoms with Gasteiger partial charge in [0.15, 0.2) is 0 Å². The molecule has 2 saturated carbocycles. The second kappa shape index (κ2) is 8.17. The summed E-state index contributed by atoms with van der Waals surface area (Å²) in [7, 11) is 0. The first-order valence-electron chi connectivity index (χ1n) is 8.95. The Morgan fingerprint density at radius 1 is 1.05 bits per heavy atom. The molecule has 0 aromatic rings. The van der Waals surface area contributed by atoms with Gasteiger partial charge in [0, 0.05) is 5.33 Å². The molecule has 20 heavy (non-hydrogen) atoms. The molecule has 0 aromatic carbocycles. The van der Waals surface area contributed by atoms with Gasteiger partial charge in [0.2, 0.25) is 0 Å². The Morgan fingerprint density at radius 3 is 2.40 bits per heavy atom. The number of halogens is 1. The highest BCUT2D eigenvalue weighted by Crippen LogP contribution is 2.41. The molecular formula is C18H33BrO. The van der Waals surface area contributed by atoms with Crippen molar-refractivity contribution in [3.63, 3.8) is 0 Å². The Labute approximate surface area is 134 Å². The molecule has 0 aromatic heterocycles. The van der Waals surface area contributed by atoms with Crippen LogP contribution in [-0.4, -0.2) is 17.0 Å². The van der Waals surface area contributed by atoms with Crippen LogP contribution in [0.4, 0.5) is 0 Å². The third-order valence-corrected chi connectivity index (χ3v) is 6.71. The van der Waals surface area contributed by atoms with Crippen molar-refractivity contribution in [2.45, 2.75) is 96.2 Å². The topological polar surface area (TPSA) is 9.23 Å². The molecule has 118 valence electrons. The fourth-order valence-electron chi connectivity index (χ4n) is 4.26. The summed E-state index contributed by atoms with van der Waals surface area (Å²) in [4.78, 5) is 0. The first-order valence-corrected chi connectivity index (χ1v) is 10.1. The molecule has 2 atom stereocenters. The number of hydrogen-bond acceptors (Lipinski definition) is 1.